The number of aliphatic hydroxyl groups is 1. The molecule has 260 valence electrons. The Kier molecular flexibility index (Phi) is 12.0. The second-order valence-electron chi connectivity index (χ2n) is 12.4. The first-order valence-corrected chi connectivity index (χ1v) is 16.6. The van der Waals surface area contributed by atoms with Crippen molar-refractivity contribution in [2.24, 2.45) is 11.8 Å². The van der Waals surface area contributed by atoms with Crippen molar-refractivity contribution in [1.29, 1.82) is 0 Å². The number of rotatable bonds is 16. The second kappa shape index (κ2) is 15.6. The quantitative estimate of drug-likeness (QED) is 0.0629. The molecule has 12 nitrogen and oxygen atoms in total. The van der Waals surface area contributed by atoms with E-state index in [1.165, 1.54) is 17.9 Å². The highest BCUT2D eigenvalue weighted by Crippen LogP contribution is 2.47. The van der Waals surface area contributed by atoms with Crippen LogP contribution in [0.5, 0.6) is 17.2 Å². The van der Waals surface area contributed by atoms with Crippen LogP contribution in [-0.2, 0) is 9.59 Å². The van der Waals surface area contributed by atoms with Gasteiger partial charge in [0.25, 0.3) is 5.91 Å². The van der Waals surface area contributed by atoms with Gasteiger partial charge in [-0.3, -0.25) is 19.3 Å². The molecule has 0 saturated carbocycles. The Hall–Kier alpha value is -3.84. The summed E-state index contributed by atoms with van der Waals surface area (Å²) in [5.74, 6) is -4.46. The highest BCUT2D eigenvalue weighted by Gasteiger charge is 2.59. The van der Waals surface area contributed by atoms with Gasteiger partial charge in [0.2, 0.25) is 5.91 Å². The number of ketones is 1. The number of nitrogens with zero attached hydrogens (tertiary/aromatic N) is 2. The maximum Gasteiger partial charge on any atom is 0.352 e. The lowest BCUT2D eigenvalue weighted by molar-refractivity contribution is -0.163. The first-order valence-electron chi connectivity index (χ1n) is 15.9. The van der Waals surface area contributed by atoms with Crippen LogP contribution in [0.2, 0.25) is 10.0 Å². The molecule has 2 aromatic carbocycles. The Morgan fingerprint density at radius 1 is 0.958 bits per heavy atom. The van der Waals surface area contributed by atoms with Crippen LogP contribution in [0.1, 0.15) is 72.2 Å². The van der Waals surface area contributed by atoms with Gasteiger partial charge in [-0.1, -0.05) is 42.6 Å². The molecule has 1 fully saturated rings. The molecule has 2 heterocycles. The van der Waals surface area contributed by atoms with Gasteiger partial charge in [-0.2, -0.15) is 0 Å². The smallest absolute Gasteiger partial charge is 0.352 e. The monoisotopic (exact) mass is 705 g/mol. The van der Waals surface area contributed by atoms with Gasteiger partial charge in [-0.25, -0.2) is 4.79 Å². The molecule has 4 rings (SSSR count). The highest BCUT2D eigenvalue weighted by molar-refractivity contribution is 6.36. The van der Waals surface area contributed by atoms with Crippen LogP contribution in [0.25, 0.3) is 0 Å². The summed E-state index contributed by atoms with van der Waals surface area (Å²) in [7, 11) is 0. The molecular formula is C34H41Cl2N3O9. The normalized spacial score (nSPS) is 19.4. The lowest BCUT2D eigenvalue weighted by atomic mass is 9.77. The zero-order valence-electron chi connectivity index (χ0n) is 27.0. The lowest BCUT2D eigenvalue weighted by Gasteiger charge is -2.46. The number of halogens is 2. The number of carboxylic acids is 1. The van der Waals surface area contributed by atoms with Crippen LogP contribution < -0.4 is 5.32 Å². The number of hydrogen-bond acceptors (Lipinski definition) is 9. The number of aromatic hydroxyl groups is 3. The molecule has 14 heteroatoms. The lowest BCUT2D eigenvalue weighted by Crippen LogP contribution is -2.63. The van der Waals surface area contributed by atoms with Gasteiger partial charge >= 0.3 is 5.97 Å². The minimum Gasteiger partial charge on any atom is -0.506 e. The van der Waals surface area contributed by atoms with E-state index in [-0.39, 0.29) is 63.8 Å². The first kappa shape index (κ1) is 37.0. The number of β-lactam (4-membered cyclic amide) rings is 1. The molecular weight excluding hydrogens is 665 g/mol. The molecule has 6 N–H and O–H groups in total. The predicted molar refractivity (Wildman–Crippen MR) is 178 cm³/mol. The summed E-state index contributed by atoms with van der Waals surface area (Å²) in [6, 6.07) is 5.26. The van der Waals surface area contributed by atoms with Crippen molar-refractivity contribution in [3.8, 4) is 17.2 Å². The van der Waals surface area contributed by atoms with Crippen molar-refractivity contribution in [3.63, 3.8) is 0 Å². The Morgan fingerprint density at radius 2 is 1.60 bits per heavy atom. The van der Waals surface area contributed by atoms with Crippen molar-refractivity contribution in [2.45, 2.75) is 65.0 Å². The van der Waals surface area contributed by atoms with Gasteiger partial charge in [0.05, 0.1) is 33.7 Å². The molecule has 0 spiro atoms. The number of phenolic OH excluding ortho intramolecular Hbond substituents is 3. The minimum absolute atomic E-state index is 0.00148. The summed E-state index contributed by atoms with van der Waals surface area (Å²) in [6.45, 7) is 6.54. The summed E-state index contributed by atoms with van der Waals surface area (Å²) >= 11 is 12.2. The van der Waals surface area contributed by atoms with Crippen LogP contribution >= 0.6 is 23.2 Å². The SMILES string of the molecule is Cc1ccc(C(=O)CCCCCN(CCCNC(=O)c2ccc(O)c(O)c2Cl)CC2=C(C(=O)O)N3C(=O)[C@H]([C@@H](C)O)[C@H]3[C@H]2C)c(Cl)c1O. The predicted octanol–water partition coefficient (Wildman–Crippen LogP) is 4.48. The van der Waals surface area contributed by atoms with E-state index in [1.54, 1.807) is 19.1 Å². The van der Waals surface area contributed by atoms with Crippen molar-refractivity contribution < 1.29 is 44.7 Å². The number of carbonyl (C=O) groups excluding carboxylic acids is 3. The van der Waals surface area contributed by atoms with E-state index < -0.39 is 47.3 Å². The second-order valence-corrected chi connectivity index (χ2v) is 13.2. The Morgan fingerprint density at radius 3 is 2.27 bits per heavy atom. The number of amides is 2. The van der Waals surface area contributed by atoms with E-state index in [2.05, 4.69) is 5.32 Å². The van der Waals surface area contributed by atoms with Crippen LogP contribution in [0.3, 0.4) is 0 Å². The largest absolute Gasteiger partial charge is 0.506 e. The van der Waals surface area contributed by atoms with Crippen molar-refractivity contribution in [1.82, 2.24) is 15.1 Å². The number of benzene rings is 2. The van der Waals surface area contributed by atoms with Crippen LogP contribution in [0, 0.1) is 18.8 Å². The number of aliphatic hydroxyl groups excluding tert-OH is 1. The maximum atomic E-state index is 12.8. The summed E-state index contributed by atoms with van der Waals surface area (Å²) < 4.78 is 0. The van der Waals surface area contributed by atoms with Crippen LogP contribution in [0.4, 0.5) is 0 Å². The molecule has 0 aliphatic carbocycles. The summed E-state index contributed by atoms with van der Waals surface area (Å²) in [5, 5.41) is 52.3. The average molecular weight is 707 g/mol. The molecule has 48 heavy (non-hydrogen) atoms. The van der Waals surface area contributed by atoms with Crippen molar-refractivity contribution in [3.05, 3.63) is 62.3 Å². The summed E-state index contributed by atoms with van der Waals surface area (Å²) in [4.78, 5) is 54.0. The summed E-state index contributed by atoms with van der Waals surface area (Å²) in [6.07, 6.45) is 1.69. The van der Waals surface area contributed by atoms with E-state index in [0.29, 0.717) is 49.9 Å². The van der Waals surface area contributed by atoms with Crippen LogP contribution in [-0.4, -0.2) is 97.2 Å². The molecule has 2 aliphatic rings. The zero-order valence-corrected chi connectivity index (χ0v) is 28.5. The van der Waals surface area contributed by atoms with Gasteiger partial charge in [0, 0.05) is 37.5 Å². The number of Topliss-reactive ketones (excluding diaryl/α,β-unsaturated/α-hetero) is 1. The molecule has 2 amide bonds. The highest BCUT2D eigenvalue weighted by atomic mass is 35.5. The van der Waals surface area contributed by atoms with E-state index in [9.17, 15) is 44.7 Å². The molecule has 2 aromatic rings. The number of nitrogens with one attached hydrogen (secondary N) is 1. The number of unbranched alkanes of at least 4 members (excludes halogenated alkanes) is 2. The third kappa shape index (κ3) is 7.57. The number of carboxylic acid groups (broad SMARTS) is 1. The molecule has 0 radical (unpaired) electrons. The third-order valence-electron chi connectivity index (χ3n) is 9.18. The number of hydrogen-bond donors (Lipinski definition) is 6. The van der Waals surface area contributed by atoms with Gasteiger partial charge in [-0.15, -0.1) is 0 Å². The number of carbonyl (C=O) groups is 4. The van der Waals surface area contributed by atoms with E-state index in [4.69, 9.17) is 23.2 Å². The Bertz CT molecular complexity index is 1630. The molecule has 4 atom stereocenters. The molecule has 2 aliphatic heterocycles. The topological polar surface area (TPSA) is 188 Å². The van der Waals surface area contributed by atoms with Crippen LogP contribution in [0.15, 0.2) is 35.5 Å². The fourth-order valence-electron chi connectivity index (χ4n) is 6.50. The Labute approximate surface area is 288 Å². The first-order chi connectivity index (χ1) is 22.7. The molecule has 1 saturated heterocycles. The van der Waals surface area contributed by atoms with E-state index >= 15 is 0 Å². The average Bonchev–Trinajstić information content (AvgIpc) is 3.27. The van der Waals surface area contributed by atoms with Gasteiger partial charge in [0.15, 0.2) is 17.3 Å². The summed E-state index contributed by atoms with van der Waals surface area (Å²) in [5.41, 5.74) is 1.37. The number of phenols is 3. The van der Waals surface area contributed by atoms with Gasteiger partial charge in [0.1, 0.15) is 11.4 Å². The molecule has 0 aromatic heterocycles. The van der Waals surface area contributed by atoms with Crippen molar-refractivity contribution in [2.75, 3.05) is 26.2 Å². The third-order valence-corrected chi connectivity index (χ3v) is 9.95. The number of aryl methyl sites for hydroxylation is 1. The fourth-order valence-corrected chi connectivity index (χ4v) is 7.07. The zero-order chi connectivity index (χ0) is 35.4. The van der Waals surface area contributed by atoms with E-state index in [0.717, 1.165) is 6.07 Å². The molecule has 0 unspecified atom stereocenters. The standard InChI is InChI=1S/C34H41Cl2N3O9/c1-17-9-10-20(26(35)30(17)43)23(41)8-5-4-6-14-38(15-7-13-37-32(45)21-11-12-24(42)31(44)27(21)36)16-22-18(2)28-25(19(3)40)33(46)39(28)29(22)34(47)48/h9-12,18-19,25,28,40,42-44H,4-8,13-16H2,1-3H3,(H,37,45)(H,47,48)/t18-,19+,25+,28+/m0/s1. The fraction of sp³-hybridized carbons (Fsp3) is 0.471. The molecule has 0 bridgehead atoms. The van der Waals surface area contributed by atoms with Gasteiger partial charge < -0.3 is 35.7 Å². The Balaban J connectivity index is 1.40. The maximum absolute atomic E-state index is 12.8. The van der Waals surface area contributed by atoms with Gasteiger partial charge in [-0.05, 0) is 69.0 Å². The minimum atomic E-state index is -1.21. The number of fused-ring (bicyclic) bond motifs is 1. The van der Waals surface area contributed by atoms with E-state index in [1.807, 2.05) is 11.8 Å². The van der Waals surface area contributed by atoms with Crippen molar-refractivity contribution >= 4 is 46.8 Å². The number of aliphatic carboxylic acids is 1.